The van der Waals surface area contributed by atoms with E-state index in [2.05, 4.69) is 32.6 Å². The van der Waals surface area contributed by atoms with Crippen molar-refractivity contribution in [2.75, 3.05) is 0 Å². The summed E-state index contributed by atoms with van der Waals surface area (Å²) in [7, 11) is 0. The van der Waals surface area contributed by atoms with Crippen LogP contribution in [0.2, 0.25) is 0 Å². The Morgan fingerprint density at radius 3 is 3.00 bits per heavy atom. The van der Waals surface area contributed by atoms with E-state index in [0.717, 1.165) is 34.7 Å². The molecule has 0 spiro atoms. The first-order valence-electron chi connectivity index (χ1n) is 9.99. The molecule has 4 aromatic rings. The molecule has 0 aliphatic heterocycles. The highest BCUT2D eigenvalue weighted by Crippen LogP contribution is 2.44. The normalized spacial score (nSPS) is 19.4. The largest absolute Gasteiger partial charge is 0.264 e. The molecule has 1 atom stereocenters. The van der Waals surface area contributed by atoms with Crippen molar-refractivity contribution in [3.8, 4) is 0 Å². The van der Waals surface area contributed by atoms with Crippen LogP contribution in [0.5, 0.6) is 0 Å². The number of aryl methyl sites for hydroxylation is 1. The van der Waals surface area contributed by atoms with Crippen LogP contribution in [0, 0.1) is 5.92 Å². The maximum absolute atomic E-state index is 5.16. The van der Waals surface area contributed by atoms with Gasteiger partial charge in [0.2, 0.25) is 0 Å². The highest BCUT2D eigenvalue weighted by atomic mass is 32.2. The monoisotopic (exact) mass is 407 g/mol. The van der Waals surface area contributed by atoms with E-state index in [4.69, 9.17) is 4.98 Å². The average molecular weight is 408 g/mol. The van der Waals surface area contributed by atoms with Gasteiger partial charge in [-0.15, -0.1) is 21.5 Å². The maximum Gasteiger partial charge on any atom is 0.197 e. The van der Waals surface area contributed by atoms with Crippen molar-refractivity contribution in [1.29, 1.82) is 0 Å². The number of aromatic nitrogens is 5. The molecule has 0 unspecified atom stereocenters. The van der Waals surface area contributed by atoms with E-state index in [1.807, 2.05) is 29.8 Å². The number of thiophene rings is 1. The fourth-order valence-electron chi connectivity index (χ4n) is 4.18. The SMILES string of the molecule is C[C@@H]1CCc2c(sc3nc(C4CC4)n4c(SCc5cccnc5)nnc4c23)C1. The lowest BCUT2D eigenvalue weighted by molar-refractivity contribution is 0.509. The number of hydrogen-bond acceptors (Lipinski definition) is 6. The average Bonchev–Trinajstić information content (AvgIpc) is 3.37. The van der Waals surface area contributed by atoms with Gasteiger partial charge >= 0.3 is 0 Å². The van der Waals surface area contributed by atoms with Crippen molar-refractivity contribution in [1.82, 2.24) is 24.6 Å². The second-order valence-electron chi connectivity index (χ2n) is 8.07. The zero-order valence-electron chi connectivity index (χ0n) is 15.8. The molecule has 28 heavy (non-hydrogen) atoms. The molecule has 2 aliphatic rings. The van der Waals surface area contributed by atoms with Gasteiger partial charge in [0, 0.05) is 28.9 Å². The predicted molar refractivity (Wildman–Crippen MR) is 113 cm³/mol. The highest BCUT2D eigenvalue weighted by Gasteiger charge is 2.32. The van der Waals surface area contributed by atoms with Gasteiger partial charge in [-0.05, 0) is 55.2 Å². The molecule has 142 valence electrons. The predicted octanol–water partition coefficient (Wildman–Crippen LogP) is 5.03. The molecule has 0 N–H and O–H groups in total. The Morgan fingerprint density at radius 2 is 2.18 bits per heavy atom. The van der Waals surface area contributed by atoms with Crippen molar-refractivity contribution in [2.45, 2.75) is 55.9 Å². The van der Waals surface area contributed by atoms with E-state index in [1.54, 1.807) is 11.8 Å². The zero-order valence-corrected chi connectivity index (χ0v) is 17.4. The van der Waals surface area contributed by atoms with Crippen LogP contribution in [0.1, 0.15) is 53.9 Å². The van der Waals surface area contributed by atoms with Crippen LogP contribution in [0.4, 0.5) is 0 Å². The second kappa shape index (κ2) is 6.52. The van der Waals surface area contributed by atoms with Crippen LogP contribution in [0.25, 0.3) is 15.9 Å². The Hall–Kier alpha value is -1.99. The van der Waals surface area contributed by atoms with Gasteiger partial charge in [-0.2, -0.15) is 0 Å². The van der Waals surface area contributed by atoms with Crippen LogP contribution >= 0.6 is 23.1 Å². The third-order valence-corrected chi connectivity index (χ3v) is 7.98. The van der Waals surface area contributed by atoms with E-state index in [0.29, 0.717) is 5.92 Å². The molecular formula is C21H21N5S2. The Kier molecular flexibility index (Phi) is 3.94. The summed E-state index contributed by atoms with van der Waals surface area (Å²) in [5.74, 6) is 3.32. The molecule has 0 saturated heterocycles. The Morgan fingerprint density at radius 1 is 1.25 bits per heavy atom. The molecule has 6 rings (SSSR count). The van der Waals surface area contributed by atoms with E-state index >= 15 is 0 Å². The topological polar surface area (TPSA) is 56.0 Å². The highest BCUT2D eigenvalue weighted by molar-refractivity contribution is 7.98. The Labute approximate surface area is 171 Å². The third kappa shape index (κ3) is 2.75. The molecular weight excluding hydrogens is 386 g/mol. The van der Waals surface area contributed by atoms with Crippen LogP contribution < -0.4 is 0 Å². The molecule has 2 aliphatic carbocycles. The summed E-state index contributed by atoms with van der Waals surface area (Å²) in [6, 6.07) is 4.09. The van der Waals surface area contributed by atoms with Crippen molar-refractivity contribution in [2.24, 2.45) is 5.92 Å². The Bertz CT molecular complexity index is 1180. The summed E-state index contributed by atoms with van der Waals surface area (Å²) < 4.78 is 2.26. The molecule has 7 heteroatoms. The van der Waals surface area contributed by atoms with E-state index in [9.17, 15) is 0 Å². The van der Waals surface area contributed by atoms with Gasteiger partial charge in [-0.3, -0.25) is 9.38 Å². The smallest absolute Gasteiger partial charge is 0.197 e. The first-order chi connectivity index (χ1) is 13.8. The summed E-state index contributed by atoms with van der Waals surface area (Å²) in [4.78, 5) is 12.1. The molecule has 0 amide bonds. The van der Waals surface area contributed by atoms with Gasteiger partial charge in [0.15, 0.2) is 10.8 Å². The maximum atomic E-state index is 5.16. The lowest BCUT2D eigenvalue weighted by Crippen LogP contribution is -2.09. The fourth-order valence-corrected chi connectivity index (χ4v) is 6.44. The molecule has 0 bridgehead atoms. The first kappa shape index (κ1) is 16.9. The number of hydrogen-bond donors (Lipinski definition) is 0. The molecule has 0 aromatic carbocycles. The molecule has 4 aromatic heterocycles. The quantitative estimate of drug-likeness (QED) is 0.444. The van der Waals surface area contributed by atoms with Crippen molar-refractivity contribution in [3.05, 3.63) is 46.4 Å². The van der Waals surface area contributed by atoms with Gasteiger partial charge in [-0.1, -0.05) is 24.8 Å². The number of fused-ring (bicyclic) bond motifs is 5. The second-order valence-corrected chi connectivity index (χ2v) is 10.1. The first-order valence-corrected chi connectivity index (χ1v) is 11.8. The van der Waals surface area contributed by atoms with Gasteiger partial charge < -0.3 is 0 Å². The minimum atomic E-state index is 0.554. The van der Waals surface area contributed by atoms with E-state index < -0.39 is 0 Å². The van der Waals surface area contributed by atoms with Crippen LogP contribution in [-0.4, -0.2) is 24.6 Å². The molecule has 1 fully saturated rings. The van der Waals surface area contributed by atoms with Gasteiger partial charge in [0.05, 0.1) is 5.39 Å². The Balaban J connectivity index is 1.50. The van der Waals surface area contributed by atoms with Crippen molar-refractivity contribution in [3.63, 3.8) is 0 Å². The zero-order chi connectivity index (χ0) is 18.7. The van der Waals surface area contributed by atoms with Gasteiger partial charge in [0.1, 0.15) is 10.7 Å². The molecule has 4 heterocycles. The number of thioether (sulfide) groups is 1. The summed E-state index contributed by atoms with van der Waals surface area (Å²) in [6.45, 7) is 2.36. The van der Waals surface area contributed by atoms with Gasteiger partial charge in [-0.25, -0.2) is 4.98 Å². The number of nitrogens with zero attached hydrogens (tertiary/aromatic N) is 5. The van der Waals surface area contributed by atoms with Crippen molar-refractivity contribution < 1.29 is 0 Å². The fraction of sp³-hybridized carbons (Fsp3) is 0.429. The molecule has 1 saturated carbocycles. The van der Waals surface area contributed by atoms with Crippen LogP contribution in [-0.2, 0) is 18.6 Å². The number of rotatable bonds is 4. The van der Waals surface area contributed by atoms with E-state index in [-0.39, 0.29) is 0 Å². The minimum absolute atomic E-state index is 0.554. The summed E-state index contributed by atoms with van der Waals surface area (Å²) in [5.41, 5.74) is 3.70. The lowest BCUT2D eigenvalue weighted by atomic mass is 9.89. The standard InChI is InChI=1S/C21H21N5S2/c1-12-4-7-15-16(9-12)28-20-17(15)19-24-25-21(26(19)18(23-20)14-5-6-14)27-11-13-3-2-8-22-10-13/h2-3,8,10,12,14H,4-7,9,11H2,1H3/t12-/m1/s1. The third-order valence-electron chi connectivity index (χ3n) is 5.83. The summed E-state index contributed by atoms with van der Waals surface area (Å²) in [6.07, 6.45) is 9.75. The molecule has 0 radical (unpaired) electrons. The summed E-state index contributed by atoms with van der Waals surface area (Å²) >= 11 is 3.62. The molecule has 5 nitrogen and oxygen atoms in total. The minimum Gasteiger partial charge on any atom is -0.264 e. The van der Waals surface area contributed by atoms with Crippen molar-refractivity contribution >= 4 is 39.0 Å². The summed E-state index contributed by atoms with van der Waals surface area (Å²) in [5, 5.41) is 11.5. The van der Waals surface area contributed by atoms with Crippen LogP contribution in [0.3, 0.4) is 0 Å². The van der Waals surface area contributed by atoms with E-state index in [1.165, 1.54) is 51.9 Å². The lowest BCUT2D eigenvalue weighted by Gasteiger charge is -2.17. The van der Waals surface area contributed by atoms with Gasteiger partial charge in [0.25, 0.3) is 0 Å². The van der Waals surface area contributed by atoms with Crippen LogP contribution in [0.15, 0.2) is 29.7 Å². The number of pyridine rings is 1.